The minimum absolute atomic E-state index is 0.215. The Bertz CT molecular complexity index is 680. The van der Waals surface area contributed by atoms with Gasteiger partial charge in [-0.05, 0) is 42.3 Å². The summed E-state index contributed by atoms with van der Waals surface area (Å²) >= 11 is 12.0. The van der Waals surface area contributed by atoms with Gasteiger partial charge in [0.1, 0.15) is 12.4 Å². The highest BCUT2D eigenvalue weighted by atomic mass is 35.5. The first-order chi connectivity index (χ1) is 9.63. The summed E-state index contributed by atoms with van der Waals surface area (Å²) in [7, 11) is 0. The highest BCUT2D eigenvalue weighted by molar-refractivity contribution is 6.35. The molecule has 2 aromatic rings. The number of benzene rings is 2. The molecular formula is C16H12Cl2O2. The summed E-state index contributed by atoms with van der Waals surface area (Å²) in [4.78, 5) is 11.6. The van der Waals surface area contributed by atoms with Gasteiger partial charge in [0.05, 0.1) is 0 Å². The Morgan fingerprint density at radius 3 is 2.70 bits per heavy atom. The van der Waals surface area contributed by atoms with Crippen LogP contribution in [0.5, 0.6) is 5.75 Å². The fourth-order valence-electron chi connectivity index (χ4n) is 2.32. The maximum atomic E-state index is 11.6. The van der Waals surface area contributed by atoms with E-state index < -0.39 is 0 Å². The van der Waals surface area contributed by atoms with Crippen LogP contribution in [0.4, 0.5) is 0 Å². The van der Waals surface area contributed by atoms with E-state index in [1.165, 1.54) is 0 Å². The van der Waals surface area contributed by atoms with Gasteiger partial charge in [0, 0.05) is 27.6 Å². The average Bonchev–Trinajstić information content (AvgIpc) is 2.79. The van der Waals surface area contributed by atoms with E-state index in [-0.39, 0.29) is 5.78 Å². The van der Waals surface area contributed by atoms with Crippen LogP contribution in [-0.2, 0) is 13.0 Å². The predicted octanol–water partition coefficient (Wildman–Crippen LogP) is 4.70. The molecule has 0 aromatic heterocycles. The number of ketones is 1. The van der Waals surface area contributed by atoms with E-state index in [9.17, 15) is 4.79 Å². The van der Waals surface area contributed by atoms with Crippen molar-refractivity contribution in [1.82, 2.24) is 0 Å². The van der Waals surface area contributed by atoms with E-state index in [0.717, 1.165) is 28.9 Å². The molecule has 102 valence electrons. The van der Waals surface area contributed by atoms with Crippen LogP contribution >= 0.6 is 23.2 Å². The van der Waals surface area contributed by atoms with Crippen molar-refractivity contribution in [3.05, 3.63) is 63.1 Å². The molecule has 0 saturated heterocycles. The molecule has 0 bridgehead atoms. The molecule has 0 aliphatic heterocycles. The van der Waals surface area contributed by atoms with Crippen molar-refractivity contribution in [2.75, 3.05) is 0 Å². The van der Waals surface area contributed by atoms with Crippen molar-refractivity contribution < 1.29 is 9.53 Å². The van der Waals surface area contributed by atoms with E-state index in [1.54, 1.807) is 12.1 Å². The van der Waals surface area contributed by atoms with E-state index >= 15 is 0 Å². The first-order valence-corrected chi connectivity index (χ1v) is 7.12. The van der Waals surface area contributed by atoms with E-state index in [4.69, 9.17) is 27.9 Å². The summed E-state index contributed by atoms with van der Waals surface area (Å²) in [6.07, 6.45) is 1.40. The number of carbonyl (C=O) groups is 1. The third-order valence-corrected chi connectivity index (χ3v) is 3.99. The molecule has 0 radical (unpaired) electrons. The number of rotatable bonds is 3. The smallest absolute Gasteiger partial charge is 0.163 e. The number of hydrogen-bond donors (Lipinski definition) is 0. The molecule has 4 heteroatoms. The van der Waals surface area contributed by atoms with Crippen LogP contribution in [0.15, 0.2) is 36.4 Å². The van der Waals surface area contributed by atoms with Crippen LogP contribution in [0.25, 0.3) is 0 Å². The standard InChI is InChI=1S/C16H12Cl2O2/c17-12-3-1-11(15(18)8-12)9-20-13-4-5-14-10(7-13)2-6-16(14)19/h1,3-5,7-8H,2,6,9H2. The summed E-state index contributed by atoms with van der Waals surface area (Å²) in [6, 6.07) is 10.9. The average molecular weight is 307 g/mol. The summed E-state index contributed by atoms with van der Waals surface area (Å²) in [6.45, 7) is 0.378. The van der Waals surface area contributed by atoms with Gasteiger partial charge < -0.3 is 4.74 Å². The summed E-state index contributed by atoms with van der Waals surface area (Å²) in [5, 5.41) is 1.20. The Morgan fingerprint density at radius 1 is 1.05 bits per heavy atom. The lowest BCUT2D eigenvalue weighted by Crippen LogP contribution is -1.97. The number of halogens is 2. The van der Waals surface area contributed by atoms with Gasteiger partial charge in [0.2, 0.25) is 0 Å². The number of ether oxygens (including phenoxy) is 1. The van der Waals surface area contributed by atoms with Gasteiger partial charge >= 0.3 is 0 Å². The molecule has 0 N–H and O–H groups in total. The maximum absolute atomic E-state index is 11.6. The van der Waals surface area contributed by atoms with E-state index in [0.29, 0.717) is 23.1 Å². The van der Waals surface area contributed by atoms with Crippen LogP contribution in [-0.4, -0.2) is 5.78 Å². The Hall–Kier alpha value is -1.51. The minimum Gasteiger partial charge on any atom is -0.489 e. The second kappa shape index (κ2) is 5.47. The Morgan fingerprint density at radius 2 is 1.90 bits per heavy atom. The maximum Gasteiger partial charge on any atom is 0.163 e. The SMILES string of the molecule is O=C1CCc2cc(OCc3ccc(Cl)cc3Cl)ccc21. The Kier molecular flexibility index (Phi) is 3.68. The van der Waals surface area contributed by atoms with Crippen LogP contribution in [0, 0.1) is 0 Å². The van der Waals surface area contributed by atoms with Gasteiger partial charge in [0.25, 0.3) is 0 Å². The summed E-state index contributed by atoms with van der Waals surface area (Å²) < 4.78 is 5.73. The van der Waals surface area contributed by atoms with Crippen LogP contribution < -0.4 is 4.74 Å². The predicted molar refractivity (Wildman–Crippen MR) is 79.9 cm³/mol. The molecule has 0 fully saturated rings. The topological polar surface area (TPSA) is 26.3 Å². The third-order valence-electron chi connectivity index (χ3n) is 3.41. The van der Waals surface area contributed by atoms with Crippen molar-refractivity contribution in [3.8, 4) is 5.75 Å². The van der Waals surface area contributed by atoms with Gasteiger partial charge in [-0.1, -0.05) is 29.3 Å². The first kappa shape index (κ1) is 13.5. The highest BCUT2D eigenvalue weighted by Crippen LogP contribution is 2.27. The van der Waals surface area contributed by atoms with Crippen LogP contribution in [0.1, 0.15) is 27.9 Å². The third kappa shape index (κ3) is 2.67. The fourth-order valence-corrected chi connectivity index (χ4v) is 2.78. The van der Waals surface area contributed by atoms with Crippen LogP contribution in [0.3, 0.4) is 0 Å². The molecule has 0 spiro atoms. The largest absolute Gasteiger partial charge is 0.489 e. The highest BCUT2D eigenvalue weighted by Gasteiger charge is 2.19. The molecule has 0 amide bonds. The molecule has 1 aliphatic carbocycles. The lowest BCUT2D eigenvalue weighted by atomic mass is 10.1. The normalized spacial score (nSPS) is 13.4. The Labute approximate surface area is 127 Å². The lowest BCUT2D eigenvalue weighted by molar-refractivity contribution is 0.0994. The molecule has 2 nitrogen and oxygen atoms in total. The zero-order valence-corrected chi connectivity index (χ0v) is 12.2. The second-order valence-electron chi connectivity index (χ2n) is 4.77. The second-order valence-corrected chi connectivity index (χ2v) is 5.61. The zero-order chi connectivity index (χ0) is 14.1. The molecular weight excluding hydrogens is 295 g/mol. The molecule has 2 aromatic carbocycles. The fraction of sp³-hybridized carbons (Fsp3) is 0.188. The molecule has 0 saturated carbocycles. The van der Waals surface area contributed by atoms with E-state index in [2.05, 4.69) is 0 Å². The summed E-state index contributed by atoms with van der Waals surface area (Å²) in [5.41, 5.74) is 2.77. The molecule has 0 heterocycles. The van der Waals surface area contributed by atoms with Crippen molar-refractivity contribution in [2.45, 2.75) is 19.4 Å². The van der Waals surface area contributed by atoms with Gasteiger partial charge in [-0.15, -0.1) is 0 Å². The zero-order valence-electron chi connectivity index (χ0n) is 10.7. The van der Waals surface area contributed by atoms with Crippen molar-refractivity contribution in [2.24, 2.45) is 0 Å². The van der Waals surface area contributed by atoms with E-state index in [1.807, 2.05) is 24.3 Å². The number of fused-ring (bicyclic) bond motifs is 1. The number of Topliss-reactive ketones (excluding diaryl/α,β-unsaturated/α-hetero) is 1. The number of carbonyl (C=O) groups excluding carboxylic acids is 1. The first-order valence-electron chi connectivity index (χ1n) is 6.36. The van der Waals surface area contributed by atoms with Crippen molar-refractivity contribution >= 4 is 29.0 Å². The van der Waals surface area contributed by atoms with Crippen molar-refractivity contribution in [3.63, 3.8) is 0 Å². The Balaban J connectivity index is 1.74. The van der Waals surface area contributed by atoms with Gasteiger partial charge in [-0.25, -0.2) is 0 Å². The van der Waals surface area contributed by atoms with Gasteiger partial charge in [-0.2, -0.15) is 0 Å². The number of hydrogen-bond acceptors (Lipinski definition) is 2. The molecule has 1 aliphatic rings. The van der Waals surface area contributed by atoms with Crippen LogP contribution in [0.2, 0.25) is 10.0 Å². The molecule has 20 heavy (non-hydrogen) atoms. The monoisotopic (exact) mass is 306 g/mol. The molecule has 0 unspecified atom stereocenters. The number of aryl methyl sites for hydroxylation is 1. The van der Waals surface area contributed by atoms with Gasteiger partial charge in [-0.3, -0.25) is 4.79 Å². The van der Waals surface area contributed by atoms with Crippen molar-refractivity contribution in [1.29, 1.82) is 0 Å². The quantitative estimate of drug-likeness (QED) is 0.821. The van der Waals surface area contributed by atoms with Gasteiger partial charge in [0.15, 0.2) is 5.78 Å². The lowest BCUT2D eigenvalue weighted by Gasteiger charge is -2.09. The minimum atomic E-state index is 0.215. The molecule has 3 rings (SSSR count). The molecule has 0 atom stereocenters. The summed E-state index contributed by atoms with van der Waals surface area (Å²) in [5.74, 6) is 0.969.